The topological polar surface area (TPSA) is 72.6 Å². The van der Waals surface area contributed by atoms with Gasteiger partial charge in [0.25, 0.3) is 5.91 Å². The number of imide groups is 1. The second kappa shape index (κ2) is 4.73. The van der Waals surface area contributed by atoms with Gasteiger partial charge in [-0.15, -0.1) is 0 Å². The molecule has 1 atom stereocenters. The summed E-state index contributed by atoms with van der Waals surface area (Å²) >= 11 is 5.82. The van der Waals surface area contributed by atoms with Crippen LogP contribution in [-0.4, -0.2) is 30.0 Å². The van der Waals surface area contributed by atoms with E-state index in [9.17, 15) is 9.59 Å². The Bertz CT molecular complexity index is 464. The van der Waals surface area contributed by atoms with E-state index in [0.29, 0.717) is 10.6 Å². The van der Waals surface area contributed by atoms with E-state index in [1.165, 1.54) is 0 Å². The van der Waals surface area contributed by atoms with Crippen molar-refractivity contribution in [2.24, 2.45) is 5.73 Å². The van der Waals surface area contributed by atoms with Gasteiger partial charge in [-0.2, -0.15) is 0 Å². The fraction of sp³-hybridized carbons (Fsp3) is 0.273. The number of halogens is 1. The Morgan fingerprint density at radius 3 is 2.82 bits per heavy atom. The molecule has 0 aromatic heterocycles. The number of hydrogen-bond acceptors (Lipinski definition) is 4. The maximum Gasteiger partial charge on any atom is 0.417 e. The van der Waals surface area contributed by atoms with Crippen molar-refractivity contribution in [2.75, 3.05) is 13.1 Å². The van der Waals surface area contributed by atoms with Gasteiger partial charge in [0.2, 0.25) is 6.10 Å². The molecule has 1 aromatic rings. The highest BCUT2D eigenvalue weighted by atomic mass is 35.5. The monoisotopic (exact) mass is 254 g/mol. The minimum atomic E-state index is -0.909. The molecule has 0 radical (unpaired) electrons. The molecule has 2 rings (SSSR count). The number of rotatable bonds is 3. The number of carbonyl (C=O) groups excluding carboxylic acids is 2. The van der Waals surface area contributed by atoms with Crippen LogP contribution in [0.25, 0.3) is 0 Å². The molecule has 0 saturated carbocycles. The van der Waals surface area contributed by atoms with Crippen LogP contribution in [0.3, 0.4) is 0 Å². The van der Waals surface area contributed by atoms with E-state index in [2.05, 4.69) is 0 Å². The number of nitrogens with zero attached hydrogens (tertiary/aromatic N) is 1. The number of hydrogen-bond donors (Lipinski definition) is 1. The first-order valence-electron chi connectivity index (χ1n) is 5.11. The van der Waals surface area contributed by atoms with Crippen LogP contribution in [-0.2, 0) is 9.53 Å². The molecule has 1 aliphatic heterocycles. The van der Waals surface area contributed by atoms with Gasteiger partial charge in [0.05, 0.1) is 0 Å². The van der Waals surface area contributed by atoms with Crippen LogP contribution in [0.5, 0.6) is 0 Å². The maximum absolute atomic E-state index is 11.9. The van der Waals surface area contributed by atoms with Crippen molar-refractivity contribution >= 4 is 23.6 Å². The van der Waals surface area contributed by atoms with Gasteiger partial charge < -0.3 is 10.5 Å². The fourth-order valence-electron chi connectivity index (χ4n) is 1.66. The highest BCUT2D eigenvalue weighted by Gasteiger charge is 2.40. The predicted octanol–water partition coefficient (Wildman–Crippen LogP) is 1.32. The lowest BCUT2D eigenvalue weighted by Crippen LogP contribution is -2.34. The van der Waals surface area contributed by atoms with E-state index in [1.807, 2.05) is 0 Å². The molecule has 0 bridgehead atoms. The molecule has 0 unspecified atom stereocenters. The van der Waals surface area contributed by atoms with Gasteiger partial charge in [-0.3, -0.25) is 4.79 Å². The Balaban J connectivity index is 2.24. The SMILES string of the molecule is NCCN1C(=O)O[C@H](c2cccc(Cl)c2)C1=O. The predicted molar refractivity (Wildman–Crippen MR) is 61.4 cm³/mol. The fourth-order valence-corrected chi connectivity index (χ4v) is 1.86. The van der Waals surface area contributed by atoms with Crippen LogP contribution in [0, 0.1) is 0 Å². The zero-order valence-electron chi connectivity index (χ0n) is 8.93. The molecule has 0 spiro atoms. The summed E-state index contributed by atoms with van der Waals surface area (Å²) in [6, 6.07) is 6.67. The third-order valence-electron chi connectivity index (χ3n) is 2.43. The highest BCUT2D eigenvalue weighted by molar-refractivity contribution is 6.30. The first kappa shape index (κ1) is 11.9. The van der Waals surface area contributed by atoms with Gasteiger partial charge in [0.15, 0.2) is 0 Å². The molecule has 1 fully saturated rings. The molecular weight excluding hydrogens is 244 g/mol. The largest absolute Gasteiger partial charge is 0.431 e. The molecule has 1 aliphatic rings. The average molecular weight is 255 g/mol. The van der Waals surface area contributed by atoms with Gasteiger partial charge in [0.1, 0.15) is 0 Å². The molecule has 6 heteroatoms. The molecule has 2 N–H and O–H groups in total. The van der Waals surface area contributed by atoms with Crippen LogP contribution >= 0.6 is 11.6 Å². The lowest BCUT2D eigenvalue weighted by molar-refractivity contribution is -0.129. The van der Waals surface area contributed by atoms with E-state index >= 15 is 0 Å². The van der Waals surface area contributed by atoms with Gasteiger partial charge in [-0.05, 0) is 12.1 Å². The standard InChI is InChI=1S/C11H11ClN2O3/c12-8-3-1-2-7(6-8)9-10(15)14(5-4-13)11(16)17-9/h1-3,6,9H,4-5,13H2/t9-/m1/s1. The van der Waals surface area contributed by atoms with E-state index in [-0.39, 0.29) is 13.1 Å². The Kier molecular flexibility index (Phi) is 3.31. The first-order chi connectivity index (χ1) is 8.13. The van der Waals surface area contributed by atoms with E-state index < -0.39 is 18.1 Å². The number of carbonyl (C=O) groups is 2. The number of ether oxygens (including phenoxy) is 1. The molecule has 5 nitrogen and oxygen atoms in total. The first-order valence-corrected chi connectivity index (χ1v) is 5.49. The quantitative estimate of drug-likeness (QED) is 0.883. The Hall–Kier alpha value is -1.59. The van der Waals surface area contributed by atoms with E-state index in [0.717, 1.165) is 4.90 Å². The zero-order valence-corrected chi connectivity index (χ0v) is 9.68. The number of benzene rings is 1. The minimum Gasteiger partial charge on any atom is -0.431 e. The molecule has 2 amide bonds. The van der Waals surface area contributed by atoms with Crippen LogP contribution < -0.4 is 5.73 Å². The molecule has 17 heavy (non-hydrogen) atoms. The number of nitrogens with two attached hydrogens (primary N) is 1. The van der Waals surface area contributed by atoms with Crippen molar-refractivity contribution in [2.45, 2.75) is 6.10 Å². The maximum atomic E-state index is 11.9. The molecule has 0 aliphatic carbocycles. The Morgan fingerprint density at radius 2 is 2.18 bits per heavy atom. The summed E-state index contributed by atoms with van der Waals surface area (Å²) in [4.78, 5) is 24.3. The van der Waals surface area contributed by atoms with Gasteiger partial charge in [-0.25, -0.2) is 9.69 Å². The van der Waals surface area contributed by atoms with Crippen molar-refractivity contribution < 1.29 is 14.3 Å². The summed E-state index contributed by atoms with van der Waals surface area (Å²) in [6.07, 6.45) is -1.57. The molecule has 1 aromatic carbocycles. The van der Waals surface area contributed by atoms with Crippen molar-refractivity contribution in [1.29, 1.82) is 0 Å². The number of cyclic esters (lactones) is 1. The average Bonchev–Trinajstić information content (AvgIpc) is 2.57. The summed E-state index contributed by atoms with van der Waals surface area (Å²) in [5.74, 6) is -0.400. The van der Waals surface area contributed by atoms with Crippen LogP contribution in [0.15, 0.2) is 24.3 Å². The van der Waals surface area contributed by atoms with Gasteiger partial charge in [-0.1, -0.05) is 23.7 Å². The van der Waals surface area contributed by atoms with Crippen LogP contribution in [0.1, 0.15) is 11.7 Å². The summed E-state index contributed by atoms with van der Waals surface area (Å²) in [6.45, 7) is 0.373. The summed E-state index contributed by atoms with van der Waals surface area (Å²) in [7, 11) is 0. The lowest BCUT2D eigenvalue weighted by atomic mass is 10.1. The second-order valence-electron chi connectivity index (χ2n) is 3.60. The third-order valence-corrected chi connectivity index (χ3v) is 2.67. The van der Waals surface area contributed by atoms with Crippen molar-refractivity contribution in [1.82, 2.24) is 4.90 Å². The molecule has 1 heterocycles. The highest BCUT2D eigenvalue weighted by Crippen LogP contribution is 2.28. The smallest absolute Gasteiger partial charge is 0.417 e. The summed E-state index contributed by atoms with van der Waals surface area (Å²) in [5.41, 5.74) is 5.88. The summed E-state index contributed by atoms with van der Waals surface area (Å²) < 4.78 is 5.00. The molecule has 90 valence electrons. The van der Waals surface area contributed by atoms with Gasteiger partial charge >= 0.3 is 6.09 Å². The van der Waals surface area contributed by atoms with Crippen molar-refractivity contribution in [3.63, 3.8) is 0 Å². The lowest BCUT2D eigenvalue weighted by Gasteiger charge is -2.09. The van der Waals surface area contributed by atoms with Crippen LogP contribution in [0.4, 0.5) is 4.79 Å². The third kappa shape index (κ3) is 2.25. The number of amides is 2. The van der Waals surface area contributed by atoms with Crippen molar-refractivity contribution in [3.8, 4) is 0 Å². The van der Waals surface area contributed by atoms with E-state index in [4.69, 9.17) is 22.1 Å². The molecule has 1 saturated heterocycles. The molecular formula is C11H11ClN2O3. The summed E-state index contributed by atoms with van der Waals surface area (Å²) in [5, 5.41) is 0.489. The van der Waals surface area contributed by atoms with Crippen molar-refractivity contribution in [3.05, 3.63) is 34.9 Å². The normalized spacial score (nSPS) is 19.6. The zero-order chi connectivity index (χ0) is 12.4. The minimum absolute atomic E-state index is 0.161. The Morgan fingerprint density at radius 1 is 1.41 bits per heavy atom. The van der Waals surface area contributed by atoms with Gasteiger partial charge in [0, 0.05) is 23.7 Å². The Labute approximate surface area is 103 Å². The van der Waals surface area contributed by atoms with E-state index in [1.54, 1.807) is 24.3 Å². The second-order valence-corrected chi connectivity index (χ2v) is 4.03. The van der Waals surface area contributed by atoms with Crippen LogP contribution in [0.2, 0.25) is 5.02 Å².